The highest BCUT2D eigenvalue weighted by atomic mass is 32.2. The van der Waals surface area contributed by atoms with E-state index in [-0.39, 0.29) is 16.6 Å². The largest absolute Gasteiger partial charge is 0.376 e. The maximum atomic E-state index is 11.6. The molecule has 0 saturated carbocycles. The molecule has 0 aliphatic rings. The van der Waals surface area contributed by atoms with Crippen LogP contribution < -0.4 is 10.5 Å². The zero-order valence-corrected chi connectivity index (χ0v) is 18.8. The molecular weight excluding hydrogens is 424 g/mol. The fourth-order valence-electron chi connectivity index (χ4n) is 2.91. The minimum Gasteiger partial charge on any atom is -0.376 e. The summed E-state index contributed by atoms with van der Waals surface area (Å²) in [5, 5.41) is 19.9. The Morgan fingerprint density at radius 2 is 1.87 bits per heavy atom. The first-order valence-electron chi connectivity index (χ1n) is 9.57. The van der Waals surface area contributed by atoms with Gasteiger partial charge in [0.2, 0.25) is 10.0 Å². The van der Waals surface area contributed by atoms with Gasteiger partial charge >= 0.3 is 0 Å². The average Bonchev–Trinajstić information content (AvgIpc) is 2.69. The average molecular weight is 453 g/mol. The highest BCUT2D eigenvalue weighted by Crippen LogP contribution is 2.29. The lowest BCUT2D eigenvalue weighted by Gasteiger charge is -2.20. The molecular formula is C20H28N4O4S2. The Bertz CT molecular complexity index is 937. The number of nitrogens with one attached hydrogen (secondary N) is 1. The predicted octanol–water partition coefficient (Wildman–Crippen LogP) is 3.55. The molecule has 30 heavy (non-hydrogen) atoms. The van der Waals surface area contributed by atoms with Gasteiger partial charge in [0.05, 0.1) is 9.82 Å². The molecule has 2 aromatic rings. The number of hydrogen-bond acceptors (Lipinski definition) is 7. The molecule has 0 saturated heterocycles. The number of primary sulfonamides is 1. The van der Waals surface area contributed by atoms with Crippen LogP contribution in [0.15, 0.2) is 58.3 Å². The quantitative estimate of drug-likeness (QED) is 0.219. The van der Waals surface area contributed by atoms with E-state index in [9.17, 15) is 18.5 Å². The van der Waals surface area contributed by atoms with E-state index in [1.165, 1.54) is 12.1 Å². The minimum absolute atomic E-state index is 0.0172. The van der Waals surface area contributed by atoms with Gasteiger partial charge in [-0.3, -0.25) is 10.1 Å². The third kappa shape index (κ3) is 7.94. The van der Waals surface area contributed by atoms with Crippen molar-refractivity contribution in [1.82, 2.24) is 4.90 Å². The summed E-state index contributed by atoms with van der Waals surface area (Å²) in [7, 11) is 0.0333. The number of nitrogens with two attached hydrogens (primary N) is 1. The molecule has 2 aromatic carbocycles. The second-order valence-electron chi connectivity index (χ2n) is 7.25. The van der Waals surface area contributed by atoms with E-state index >= 15 is 0 Å². The number of anilines is 1. The van der Waals surface area contributed by atoms with E-state index in [4.69, 9.17) is 5.14 Å². The zero-order valence-electron chi connectivity index (χ0n) is 17.2. The fourth-order valence-corrected chi connectivity index (χ4v) is 4.44. The maximum absolute atomic E-state index is 11.6. The van der Waals surface area contributed by atoms with Gasteiger partial charge in [0.15, 0.2) is 0 Å². The van der Waals surface area contributed by atoms with Crippen molar-refractivity contribution < 1.29 is 13.3 Å². The number of sulfonamides is 1. The van der Waals surface area contributed by atoms with Crippen LogP contribution in [0.4, 0.5) is 11.4 Å². The molecule has 3 N–H and O–H groups in total. The Balaban J connectivity index is 2.17. The number of hydrogen-bond donors (Lipinski definition) is 2. The minimum atomic E-state index is -4.02. The van der Waals surface area contributed by atoms with Crippen LogP contribution in [-0.2, 0) is 10.0 Å². The van der Waals surface area contributed by atoms with Gasteiger partial charge in [0.25, 0.3) is 5.69 Å². The van der Waals surface area contributed by atoms with Gasteiger partial charge in [0.1, 0.15) is 5.69 Å². The summed E-state index contributed by atoms with van der Waals surface area (Å²) in [5.41, 5.74) is -0.0109. The summed E-state index contributed by atoms with van der Waals surface area (Å²) < 4.78 is 23.1. The Hall–Kier alpha value is -2.14. The molecule has 0 bridgehead atoms. The third-order valence-corrected chi connectivity index (χ3v) is 6.54. The topological polar surface area (TPSA) is 119 Å². The van der Waals surface area contributed by atoms with E-state index in [2.05, 4.69) is 10.2 Å². The Kier molecular flexibility index (Phi) is 9.09. The van der Waals surface area contributed by atoms with Crippen LogP contribution in [0.25, 0.3) is 0 Å². The van der Waals surface area contributed by atoms with Crippen LogP contribution in [0.3, 0.4) is 0 Å². The SMILES string of the molecule is CN(C)CCCC[C@H](CSc1ccccc1)Nc1ccc(S(N)(=O)=O)cc1[N+](=O)[O-]. The molecule has 10 heteroatoms. The Morgan fingerprint density at radius 3 is 2.47 bits per heavy atom. The summed E-state index contributed by atoms with van der Waals surface area (Å²) in [6, 6.07) is 13.6. The number of thioether (sulfide) groups is 1. The molecule has 0 fully saturated rings. The molecule has 0 aliphatic heterocycles. The van der Waals surface area contributed by atoms with Gasteiger partial charge in [-0.05, 0) is 57.7 Å². The van der Waals surface area contributed by atoms with E-state index in [0.717, 1.165) is 42.5 Å². The molecule has 0 heterocycles. The summed E-state index contributed by atoms with van der Waals surface area (Å²) in [6.45, 7) is 0.974. The van der Waals surface area contributed by atoms with E-state index in [1.54, 1.807) is 11.8 Å². The predicted molar refractivity (Wildman–Crippen MR) is 121 cm³/mol. The molecule has 0 radical (unpaired) electrons. The molecule has 0 unspecified atom stereocenters. The number of nitro benzene ring substituents is 1. The van der Waals surface area contributed by atoms with Crippen LogP contribution in [0.1, 0.15) is 19.3 Å². The van der Waals surface area contributed by atoms with Gasteiger partial charge in [0, 0.05) is 22.8 Å². The monoisotopic (exact) mass is 452 g/mol. The molecule has 8 nitrogen and oxygen atoms in total. The fraction of sp³-hybridized carbons (Fsp3) is 0.400. The molecule has 0 spiro atoms. The van der Waals surface area contributed by atoms with Gasteiger partial charge in [-0.2, -0.15) is 0 Å². The first-order chi connectivity index (χ1) is 14.2. The van der Waals surface area contributed by atoms with Crippen LogP contribution in [0.5, 0.6) is 0 Å². The number of unbranched alkanes of at least 4 members (excludes halogenated alkanes) is 1. The lowest BCUT2D eigenvalue weighted by Crippen LogP contribution is -2.24. The molecule has 2 rings (SSSR count). The van der Waals surface area contributed by atoms with E-state index in [1.807, 2.05) is 44.4 Å². The summed E-state index contributed by atoms with van der Waals surface area (Å²) in [4.78, 5) is 13.9. The summed E-state index contributed by atoms with van der Waals surface area (Å²) >= 11 is 1.68. The molecule has 0 aliphatic carbocycles. The summed E-state index contributed by atoms with van der Waals surface area (Å²) in [6.07, 6.45) is 2.82. The zero-order chi connectivity index (χ0) is 22.1. The number of nitro groups is 1. The third-order valence-electron chi connectivity index (χ3n) is 4.46. The van der Waals surface area contributed by atoms with Crippen molar-refractivity contribution in [3.05, 3.63) is 58.6 Å². The van der Waals surface area contributed by atoms with Crippen molar-refractivity contribution in [3.8, 4) is 0 Å². The second-order valence-corrected chi connectivity index (χ2v) is 9.90. The molecule has 164 valence electrons. The molecule has 1 atom stereocenters. The first-order valence-corrected chi connectivity index (χ1v) is 12.1. The smallest absolute Gasteiger partial charge is 0.293 e. The number of benzene rings is 2. The standard InChI is InChI=1S/C20H28N4O4S2/c1-23(2)13-7-6-8-16(15-29-17-9-4-3-5-10-17)22-19-12-11-18(30(21,27)28)14-20(19)24(25)26/h3-5,9-12,14,16,22H,6-8,13,15H2,1-2H3,(H2,21,27,28)/t16-/m1/s1. The van der Waals surface area contributed by atoms with Gasteiger partial charge in [-0.25, -0.2) is 13.6 Å². The van der Waals surface area contributed by atoms with Crippen LogP contribution in [0.2, 0.25) is 0 Å². The van der Waals surface area contributed by atoms with Gasteiger partial charge < -0.3 is 10.2 Å². The van der Waals surface area contributed by atoms with E-state index < -0.39 is 14.9 Å². The van der Waals surface area contributed by atoms with E-state index in [0.29, 0.717) is 5.69 Å². The highest BCUT2D eigenvalue weighted by Gasteiger charge is 2.21. The lowest BCUT2D eigenvalue weighted by molar-refractivity contribution is -0.384. The van der Waals surface area contributed by atoms with Crippen molar-refractivity contribution in [1.29, 1.82) is 0 Å². The van der Waals surface area contributed by atoms with Crippen molar-refractivity contribution in [2.45, 2.75) is 35.1 Å². The van der Waals surface area contributed by atoms with Crippen molar-refractivity contribution in [2.75, 3.05) is 31.7 Å². The first kappa shape index (κ1) is 24.1. The van der Waals surface area contributed by atoms with Crippen LogP contribution >= 0.6 is 11.8 Å². The highest BCUT2D eigenvalue weighted by molar-refractivity contribution is 7.99. The van der Waals surface area contributed by atoms with Crippen molar-refractivity contribution in [3.63, 3.8) is 0 Å². The normalized spacial score (nSPS) is 12.7. The van der Waals surface area contributed by atoms with Crippen molar-refractivity contribution >= 4 is 33.2 Å². The lowest BCUT2D eigenvalue weighted by atomic mass is 10.1. The molecule has 0 aromatic heterocycles. The Morgan fingerprint density at radius 1 is 1.17 bits per heavy atom. The number of nitrogens with zero attached hydrogens (tertiary/aromatic N) is 2. The van der Waals surface area contributed by atoms with Crippen LogP contribution in [-0.4, -0.2) is 50.7 Å². The maximum Gasteiger partial charge on any atom is 0.293 e. The number of rotatable bonds is 12. The van der Waals surface area contributed by atoms with Crippen LogP contribution in [0, 0.1) is 10.1 Å². The Labute approximate surface area is 182 Å². The second kappa shape index (κ2) is 11.3. The summed E-state index contributed by atoms with van der Waals surface area (Å²) in [5.74, 6) is 0.722. The van der Waals surface area contributed by atoms with Crippen molar-refractivity contribution in [2.24, 2.45) is 5.14 Å². The van der Waals surface area contributed by atoms with Gasteiger partial charge in [-0.1, -0.05) is 24.6 Å². The molecule has 0 amide bonds. The van der Waals surface area contributed by atoms with Gasteiger partial charge in [-0.15, -0.1) is 11.8 Å².